The number of hydrogen-bond acceptors (Lipinski definition) is 2. The first kappa shape index (κ1) is 15.7. The topological polar surface area (TPSA) is 12.0 Å². The van der Waals surface area contributed by atoms with Gasteiger partial charge >= 0.3 is 0 Å². The summed E-state index contributed by atoms with van der Waals surface area (Å²) >= 11 is 1.88. The Balaban J connectivity index is 2.74. The van der Waals surface area contributed by atoms with E-state index in [2.05, 4.69) is 44.5 Å². The van der Waals surface area contributed by atoms with Crippen molar-refractivity contribution < 1.29 is 0 Å². The Hall–Kier alpha value is -0.340. The molecule has 18 heavy (non-hydrogen) atoms. The van der Waals surface area contributed by atoms with Crippen LogP contribution in [0.5, 0.6) is 0 Å². The molecule has 2 heteroatoms. The summed E-state index contributed by atoms with van der Waals surface area (Å²) in [5, 5.41) is 6.11. The minimum absolute atomic E-state index is 0.562. The molecule has 0 aliphatic carbocycles. The highest BCUT2D eigenvalue weighted by Crippen LogP contribution is 2.31. The lowest BCUT2D eigenvalue weighted by Crippen LogP contribution is -2.28. The van der Waals surface area contributed by atoms with Gasteiger partial charge in [0.25, 0.3) is 0 Å². The predicted octanol–water partition coefficient (Wildman–Crippen LogP) is 5.31. The van der Waals surface area contributed by atoms with E-state index in [0.29, 0.717) is 6.04 Å². The van der Waals surface area contributed by atoms with Gasteiger partial charge in [-0.3, -0.25) is 0 Å². The molecule has 0 aliphatic heterocycles. The minimum Gasteiger partial charge on any atom is -0.310 e. The lowest BCUT2D eigenvalue weighted by Gasteiger charge is -2.27. The monoisotopic (exact) mass is 267 g/mol. The van der Waals surface area contributed by atoms with E-state index >= 15 is 0 Å². The molecule has 0 radical (unpaired) electrons. The van der Waals surface area contributed by atoms with Crippen molar-refractivity contribution in [3.05, 3.63) is 21.9 Å². The molecule has 1 aromatic rings. The van der Waals surface area contributed by atoms with Gasteiger partial charge in [0, 0.05) is 10.9 Å². The smallest absolute Gasteiger partial charge is 0.0356 e. The van der Waals surface area contributed by atoms with Gasteiger partial charge in [0.15, 0.2) is 0 Å². The average molecular weight is 267 g/mol. The Morgan fingerprint density at radius 2 is 2.00 bits per heavy atom. The van der Waals surface area contributed by atoms with Crippen LogP contribution in [0.2, 0.25) is 0 Å². The Kier molecular flexibility index (Phi) is 7.60. The quantitative estimate of drug-likeness (QED) is 0.639. The van der Waals surface area contributed by atoms with Crippen molar-refractivity contribution in [3.8, 4) is 0 Å². The van der Waals surface area contributed by atoms with Crippen LogP contribution in [0.15, 0.2) is 11.4 Å². The Labute approximate surface area is 117 Å². The molecule has 1 nitrogen and oxygen atoms in total. The summed E-state index contributed by atoms with van der Waals surface area (Å²) in [6.45, 7) is 10.2. The van der Waals surface area contributed by atoms with E-state index in [-0.39, 0.29) is 0 Å². The molecule has 104 valence electrons. The van der Waals surface area contributed by atoms with E-state index in [1.165, 1.54) is 42.5 Å². The maximum Gasteiger partial charge on any atom is 0.0356 e. The second kappa shape index (κ2) is 8.71. The van der Waals surface area contributed by atoms with Gasteiger partial charge in [-0.25, -0.2) is 0 Å². The molecule has 1 aromatic heterocycles. The van der Waals surface area contributed by atoms with Crippen molar-refractivity contribution >= 4 is 11.3 Å². The largest absolute Gasteiger partial charge is 0.310 e. The zero-order valence-electron chi connectivity index (χ0n) is 12.5. The van der Waals surface area contributed by atoms with Crippen LogP contribution in [0.1, 0.15) is 69.4 Å². The Morgan fingerprint density at radius 1 is 1.22 bits per heavy atom. The van der Waals surface area contributed by atoms with E-state index < -0.39 is 0 Å². The molecule has 0 aromatic carbocycles. The molecule has 1 heterocycles. The third-order valence-electron chi connectivity index (χ3n) is 3.65. The summed E-state index contributed by atoms with van der Waals surface area (Å²) in [7, 11) is 0. The van der Waals surface area contributed by atoms with E-state index in [9.17, 15) is 0 Å². The molecule has 0 bridgehead atoms. The molecule has 2 atom stereocenters. The standard InChI is InChI=1S/C16H29NS/c1-5-8-9-14(7-3)16(17-10-6-2)15-11-13(4)18-12-15/h11-12,14,16-17H,5-10H2,1-4H3. The predicted molar refractivity (Wildman–Crippen MR) is 83.4 cm³/mol. The van der Waals surface area contributed by atoms with Gasteiger partial charge in [-0.15, -0.1) is 11.3 Å². The lowest BCUT2D eigenvalue weighted by molar-refractivity contribution is 0.324. The molecule has 2 unspecified atom stereocenters. The summed E-state index contributed by atoms with van der Waals surface area (Å²) in [4.78, 5) is 1.43. The minimum atomic E-state index is 0.562. The summed E-state index contributed by atoms with van der Waals surface area (Å²) < 4.78 is 0. The molecule has 1 rings (SSSR count). The number of aryl methyl sites for hydroxylation is 1. The van der Waals surface area contributed by atoms with Crippen LogP contribution in [0, 0.1) is 12.8 Å². The highest BCUT2D eigenvalue weighted by atomic mass is 32.1. The normalized spacial score (nSPS) is 14.7. The van der Waals surface area contributed by atoms with Crippen LogP contribution in [-0.2, 0) is 0 Å². The van der Waals surface area contributed by atoms with Gasteiger partial charge in [-0.2, -0.15) is 0 Å². The zero-order chi connectivity index (χ0) is 13.4. The molecular weight excluding hydrogens is 238 g/mol. The number of rotatable bonds is 9. The SMILES string of the molecule is CCCCC(CC)C(NCCC)c1csc(C)c1. The van der Waals surface area contributed by atoms with Gasteiger partial charge in [0.2, 0.25) is 0 Å². The van der Waals surface area contributed by atoms with Crippen LogP contribution < -0.4 is 5.32 Å². The molecule has 0 fully saturated rings. The van der Waals surface area contributed by atoms with Crippen molar-refractivity contribution in [2.45, 2.75) is 65.8 Å². The van der Waals surface area contributed by atoms with E-state index in [1.807, 2.05) is 11.3 Å². The third kappa shape index (κ3) is 4.74. The number of nitrogens with one attached hydrogen (secondary N) is 1. The highest BCUT2D eigenvalue weighted by molar-refractivity contribution is 7.10. The molecular formula is C16H29NS. The van der Waals surface area contributed by atoms with Crippen molar-refractivity contribution in [1.29, 1.82) is 0 Å². The second-order valence-corrected chi connectivity index (χ2v) is 6.35. The summed E-state index contributed by atoms with van der Waals surface area (Å²) in [5.41, 5.74) is 1.51. The molecule has 1 N–H and O–H groups in total. The maximum atomic E-state index is 3.77. The van der Waals surface area contributed by atoms with Gasteiger partial charge in [0.05, 0.1) is 0 Å². The number of thiophene rings is 1. The van der Waals surface area contributed by atoms with Gasteiger partial charge in [0.1, 0.15) is 0 Å². The molecule has 0 aliphatic rings. The fourth-order valence-electron chi connectivity index (χ4n) is 2.56. The van der Waals surface area contributed by atoms with Gasteiger partial charge in [-0.1, -0.05) is 40.0 Å². The fraction of sp³-hybridized carbons (Fsp3) is 0.750. The second-order valence-electron chi connectivity index (χ2n) is 5.23. The highest BCUT2D eigenvalue weighted by Gasteiger charge is 2.21. The zero-order valence-corrected chi connectivity index (χ0v) is 13.3. The first-order chi connectivity index (χ1) is 8.72. The average Bonchev–Trinajstić information content (AvgIpc) is 2.80. The Morgan fingerprint density at radius 3 is 2.50 bits per heavy atom. The van der Waals surface area contributed by atoms with Crippen LogP contribution in [-0.4, -0.2) is 6.54 Å². The first-order valence-corrected chi connectivity index (χ1v) is 8.39. The lowest BCUT2D eigenvalue weighted by atomic mass is 9.88. The molecule has 0 spiro atoms. The maximum absolute atomic E-state index is 3.77. The van der Waals surface area contributed by atoms with Crippen molar-refractivity contribution in [2.24, 2.45) is 5.92 Å². The number of unbranched alkanes of at least 4 members (excludes halogenated alkanes) is 1. The molecule has 0 saturated heterocycles. The Bertz CT molecular complexity index is 319. The van der Waals surface area contributed by atoms with Crippen LogP contribution in [0.3, 0.4) is 0 Å². The van der Waals surface area contributed by atoms with E-state index in [1.54, 1.807) is 0 Å². The number of hydrogen-bond donors (Lipinski definition) is 1. The van der Waals surface area contributed by atoms with E-state index in [4.69, 9.17) is 0 Å². The van der Waals surface area contributed by atoms with Crippen molar-refractivity contribution in [3.63, 3.8) is 0 Å². The van der Waals surface area contributed by atoms with E-state index in [0.717, 1.165) is 12.5 Å². The third-order valence-corrected chi connectivity index (χ3v) is 4.53. The van der Waals surface area contributed by atoms with Crippen molar-refractivity contribution in [1.82, 2.24) is 5.32 Å². The summed E-state index contributed by atoms with van der Waals surface area (Å²) in [6, 6.07) is 2.93. The van der Waals surface area contributed by atoms with Crippen LogP contribution in [0.4, 0.5) is 0 Å². The van der Waals surface area contributed by atoms with Crippen molar-refractivity contribution in [2.75, 3.05) is 6.54 Å². The fourth-order valence-corrected chi connectivity index (χ4v) is 3.30. The van der Waals surface area contributed by atoms with Gasteiger partial charge in [-0.05, 0) is 49.2 Å². The molecule has 0 amide bonds. The van der Waals surface area contributed by atoms with Gasteiger partial charge < -0.3 is 5.32 Å². The van der Waals surface area contributed by atoms with Crippen LogP contribution >= 0.6 is 11.3 Å². The summed E-state index contributed by atoms with van der Waals surface area (Å²) in [6.07, 6.45) is 6.50. The summed E-state index contributed by atoms with van der Waals surface area (Å²) in [5.74, 6) is 0.783. The molecule has 0 saturated carbocycles. The first-order valence-electron chi connectivity index (χ1n) is 7.51. The van der Waals surface area contributed by atoms with Crippen LogP contribution in [0.25, 0.3) is 0 Å².